The molecule has 1 heterocycles. The molecule has 0 saturated heterocycles. The van der Waals surface area contributed by atoms with Crippen LogP contribution in [0.1, 0.15) is 50.6 Å². The molecule has 1 atom stereocenters. The number of carboxylic acids is 1. The van der Waals surface area contributed by atoms with Crippen LogP contribution in [-0.2, 0) is 4.79 Å². The van der Waals surface area contributed by atoms with Crippen LogP contribution in [0.2, 0.25) is 0 Å². The van der Waals surface area contributed by atoms with Crippen LogP contribution in [0.4, 0.5) is 0 Å². The minimum Gasteiger partial charge on any atom is -0.484 e. The van der Waals surface area contributed by atoms with Crippen molar-refractivity contribution >= 4 is 29.0 Å². The zero-order valence-electron chi connectivity index (χ0n) is 14.0. The summed E-state index contributed by atoms with van der Waals surface area (Å²) in [6.07, 6.45) is 0. The zero-order chi connectivity index (χ0) is 18.6. The number of carboxylic acid groups (broad SMARTS) is 1. The largest absolute Gasteiger partial charge is 0.484 e. The Morgan fingerprint density at radius 1 is 1.36 bits per heavy atom. The maximum atomic E-state index is 12.0. The van der Waals surface area contributed by atoms with Crippen molar-refractivity contribution in [2.45, 2.75) is 26.8 Å². The Hall–Kier alpha value is -2.74. The molecule has 0 fully saturated rings. The van der Waals surface area contributed by atoms with Gasteiger partial charge in [0.15, 0.2) is 12.4 Å². The van der Waals surface area contributed by atoms with Gasteiger partial charge < -0.3 is 15.2 Å². The summed E-state index contributed by atoms with van der Waals surface area (Å²) in [7, 11) is 0. The molecule has 1 unspecified atom stereocenters. The number of ether oxygens (including phenoxy) is 1. The molecule has 1 aromatic carbocycles. The van der Waals surface area contributed by atoms with Crippen molar-refractivity contribution in [2.75, 3.05) is 6.61 Å². The van der Waals surface area contributed by atoms with E-state index in [1.165, 1.54) is 6.92 Å². The number of thiazole rings is 1. The highest BCUT2D eigenvalue weighted by molar-refractivity contribution is 7.13. The van der Waals surface area contributed by atoms with Crippen LogP contribution in [0.5, 0.6) is 5.75 Å². The van der Waals surface area contributed by atoms with E-state index >= 15 is 0 Å². The molecule has 0 spiro atoms. The maximum Gasteiger partial charge on any atom is 0.347 e. The third kappa shape index (κ3) is 4.87. The smallest absolute Gasteiger partial charge is 0.347 e. The number of rotatable bonds is 7. The number of hydrogen-bond acceptors (Lipinski definition) is 6. The molecule has 7 nitrogen and oxygen atoms in total. The molecule has 0 radical (unpaired) electrons. The molecule has 0 saturated carbocycles. The van der Waals surface area contributed by atoms with E-state index in [1.807, 2.05) is 0 Å². The first-order valence-electron chi connectivity index (χ1n) is 7.51. The summed E-state index contributed by atoms with van der Waals surface area (Å²) < 4.78 is 5.39. The summed E-state index contributed by atoms with van der Waals surface area (Å²) in [6, 6.07) is 6.14. The van der Waals surface area contributed by atoms with Gasteiger partial charge in [-0.25, -0.2) is 9.78 Å². The fourth-order valence-corrected chi connectivity index (χ4v) is 3.01. The van der Waals surface area contributed by atoms with Crippen LogP contribution in [0.3, 0.4) is 0 Å². The number of aromatic nitrogens is 1. The maximum absolute atomic E-state index is 12.0. The Labute approximate surface area is 148 Å². The van der Waals surface area contributed by atoms with E-state index in [4.69, 9.17) is 9.84 Å². The van der Waals surface area contributed by atoms with E-state index in [-0.39, 0.29) is 23.2 Å². The number of ketones is 1. The second-order valence-corrected chi connectivity index (χ2v) is 6.46. The van der Waals surface area contributed by atoms with Gasteiger partial charge >= 0.3 is 5.97 Å². The minimum absolute atomic E-state index is 0.0862. The molecule has 0 aliphatic rings. The zero-order valence-corrected chi connectivity index (χ0v) is 14.8. The van der Waals surface area contributed by atoms with E-state index in [2.05, 4.69) is 10.3 Å². The van der Waals surface area contributed by atoms with Gasteiger partial charge in [-0.1, -0.05) is 12.1 Å². The second kappa shape index (κ2) is 7.89. The molecular weight excluding hydrogens is 344 g/mol. The first kappa shape index (κ1) is 18.6. The van der Waals surface area contributed by atoms with Crippen molar-refractivity contribution in [1.29, 1.82) is 0 Å². The number of nitrogens with zero attached hydrogens (tertiary/aromatic N) is 1. The van der Waals surface area contributed by atoms with Crippen molar-refractivity contribution in [2.24, 2.45) is 0 Å². The quantitative estimate of drug-likeness (QED) is 0.734. The fraction of sp³-hybridized carbons (Fsp3) is 0.294. The number of aryl methyl sites for hydroxylation is 1. The monoisotopic (exact) mass is 362 g/mol. The van der Waals surface area contributed by atoms with Gasteiger partial charge in [0, 0.05) is 5.56 Å². The van der Waals surface area contributed by atoms with E-state index in [0.717, 1.165) is 11.3 Å². The highest BCUT2D eigenvalue weighted by atomic mass is 32.1. The summed E-state index contributed by atoms with van der Waals surface area (Å²) in [5, 5.41) is 12.3. The van der Waals surface area contributed by atoms with E-state index in [1.54, 1.807) is 38.1 Å². The summed E-state index contributed by atoms with van der Waals surface area (Å²) in [5.41, 5.74) is 0.927. The fourth-order valence-electron chi connectivity index (χ4n) is 2.10. The van der Waals surface area contributed by atoms with E-state index in [9.17, 15) is 14.4 Å². The minimum atomic E-state index is -1.03. The molecule has 1 aromatic heterocycles. The van der Waals surface area contributed by atoms with Gasteiger partial charge in [-0.3, -0.25) is 9.59 Å². The van der Waals surface area contributed by atoms with Gasteiger partial charge in [-0.15, -0.1) is 11.3 Å². The average Bonchev–Trinajstić information content (AvgIpc) is 2.95. The molecule has 0 bridgehead atoms. The molecule has 1 amide bonds. The van der Waals surface area contributed by atoms with Crippen LogP contribution in [0, 0.1) is 6.92 Å². The van der Waals surface area contributed by atoms with Crippen molar-refractivity contribution < 1.29 is 24.2 Å². The predicted octanol–water partition coefficient (Wildman–Crippen LogP) is 2.61. The van der Waals surface area contributed by atoms with Gasteiger partial charge in [0.25, 0.3) is 5.91 Å². The summed E-state index contributed by atoms with van der Waals surface area (Å²) in [4.78, 5) is 38.7. The first-order chi connectivity index (χ1) is 11.8. The molecule has 132 valence electrons. The lowest BCUT2D eigenvalue weighted by molar-refractivity contribution is -0.123. The van der Waals surface area contributed by atoms with Crippen LogP contribution < -0.4 is 10.1 Å². The topological polar surface area (TPSA) is 106 Å². The Kier molecular flexibility index (Phi) is 5.87. The van der Waals surface area contributed by atoms with Crippen molar-refractivity contribution in [3.8, 4) is 5.75 Å². The normalized spacial score (nSPS) is 11.6. The lowest BCUT2D eigenvalue weighted by Gasteiger charge is -2.12. The molecule has 2 aromatic rings. The van der Waals surface area contributed by atoms with E-state index in [0.29, 0.717) is 22.0 Å². The Morgan fingerprint density at radius 3 is 2.68 bits per heavy atom. The lowest BCUT2D eigenvalue weighted by atomic mass is 10.1. The van der Waals surface area contributed by atoms with E-state index < -0.39 is 12.0 Å². The van der Waals surface area contributed by atoms with Crippen LogP contribution >= 0.6 is 11.3 Å². The van der Waals surface area contributed by atoms with Crippen molar-refractivity contribution in [3.63, 3.8) is 0 Å². The second-order valence-electron chi connectivity index (χ2n) is 5.43. The highest BCUT2D eigenvalue weighted by Gasteiger charge is 2.19. The highest BCUT2D eigenvalue weighted by Crippen LogP contribution is 2.23. The number of carbonyl (C=O) groups is 3. The predicted molar refractivity (Wildman–Crippen MR) is 92.3 cm³/mol. The molecule has 8 heteroatoms. The molecule has 25 heavy (non-hydrogen) atoms. The number of hydrogen-bond donors (Lipinski definition) is 2. The van der Waals surface area contributed by atoms with Crippen LogP contribution in [-0.4, -0.2) is 34.4 Å². The Balaban J connectivity index is 1.93. The Bertz CT molecular complexity index is 815. The molecule has 2 rings (SSSR count). The van der Waals surface area contributed by atoms with Crippen LogP contribution in [0.25, 0.3) is 0 Å². The summed E-state index contributed by atoms with van der Waals surface area (Å²) in [5.74, 6) is -1.07. The van der Waals surface area contributed by atoms with Gasteiger partial charge in [0.2, 0.25) is 0 Å². The number of amides is 1. The van der Waals surface area contributed by atoms with Crippen molar-refractivity contribution in [1.82, 2.24) is 10.3 Å². The summed E-state index contributed by atoms with van der Waals surface area (Å²) >= 11 is 1.03. The first-order valence-corrected chi connectivity index (χ1v) is 8.33. The van der Waals surface area contributed by atoms with Gasteiger partial charge in [-0.05, 0) is 32.9 Å². The molecular formula is C17H18N2O5S. The molecule has 0 aliphatic carbocycles. The standard InChI is InChI=1S/C17H18N2O5S/c1-9-15(17(22)23)25-16(19-9)10(2)18-14(21)8-24-13-6-4-5-12(7-13)11(3)20/h4-7,10H,8H2,1-3H3,(H,18,21)(H,22,23). The summed E-state index contributed by atoms with van der Waals surface area (Å²) in [6.45, 7) is 4.57. The molecule has 2 N–H and O–H groups in total. The lowest BCUT2D eigenvalue weighted by Crippen LogP contribution is -2.31. The number of benzene rings is 1. The number of Topliss-reactive ketones (excluding diaryl/α,β-unsaturated/α-hetero) is 1. The van der Waals surface area contributed by atoms with Crippen molar-refractivity contribution in [3.05, 3.63) is 45.4 Å². The molecule has 0 aliphatic heterocycles. The number of carbonyl (C=O) groups excluding carboxylic acids is 2. The van der Waals surface area contributed by atoms with Gasteiger partial charge in [0.1, 0.15) is 15.6 Å². The number of aromatic carboxylic acids is 1. The van der Waals surface area contributed by atoms with Crippen LogP contribution in [0.15, 0.2) is 24.3 Å². The van der Waals surface area contributed by atoms with Gasteiger partial charge in [-0.2, -0.15) is 0 Å². The average molecular weight is 362 g/mol. The number of nitrogens with one attached hydrogen (secondary N) is 1. The van der Waals surface area contributed by atoms with Gasteiger partial charge in [0.05, 0.1) is 11.7 Å². The SMILES string of the molecule is CC(=O)c1cccc(OCC(=O)NC(C)c2nc(C)c(C(=O)O)s2)c1. The Morgan fingerprint density at radius 2 is 2.08 bits per heavy atom. The third-order valence-corrected chi connectivity index (χ3v) is 4.69. The third-order valence-electron chi connectivity index (χ3n) is 3.37.